The van der Waals surface area contributed by atoms with Gasteiger partial charge in [-0.15, -0.1) is 0 Å². The molecule has 0 fully saturated rings. The number of H-pyrrole nitrogens is 1. The first kappa shape index (κ1) is 61.5. The van der Waals surface area contributed by atoms with Crippen molar-refractivity contribution in [2.24, 2.45) is 0 Å². The number of rotatable bonds is 31. The van der Waals surface area contributed by atoms with E-state index in [-0.39, 0.29) is 37.9 Å². The highest BCUT2D eigenvalue weighted by Gasteiger charge is 2.33. The van der Waals surface area contributed by atoms with Crippen molar-refractivity contribution < 1.29 is 70.1 Å². The van der Waals surface area contributed by atoms with E-state index in [1.807, 2.05) is 19.9 Å². The number of fused-ring (bicyclic) bond motifs is 1. The Hall–Kier alpha value is -8.06. The van der Waals surface area contributed by atoms with Crippen LogP contribution in [0.3, 0.4) is 0 Å². The van der Waals surface area contributed by atoms with Crippen LogP contribution >= 0.6 is 0 Å². The Labute approximate surface area is 446 Å². The van der Waals surface area contributed by atoms with Gasteiger partial charge < -0.3 is 61.5 Å². The lowest BCUT2D eigenvalue weighted by Gasteiger charge is -2.26. The van der Waals surface area contributed by atoms with E-state index in [0.29, 0.717) is 43.2 Å². The minimum atomic E-state index is -4.82. The zero-order valence-electron chi connectivity index (χ0n) is 43.5. The average molecular weight is 1090 g/mol. The Morgan fingerprint density at radius 1 is 0.649 bits per heavy atom. The fourth-order valence-corrected chi connectivity index (χ4v) is 8.23. The summed E-state index contributed by atoms with van der Waals surface area (Å²) in [6.45, 7) is 7.84. The van der Waals surface area contributed by atoms with E-state index in [2.05, 4.69) is 51.7 Å². The molecule has 0 aliphatic carbocycles. The summed E-state index contributed by atoms with van der Waals surface area (Å²) in [5.41, 5.74) is 1.52. The third kappa shape index (κ3) is 22.0. The van der Waals surface area contributed by atoms with Crippen LogP contribution in [0.25, 0.3) is 10.9 Å². The van der Waals surface area contributed by atoms with Crippen LogP contribution in [0.1, 0.15) is 96.3 Å². The van der Waals surface area contributed by atoms with Crippen LogP contribution in [-0.4, -0.2) is 125 Å². The predicted octanol–water partition coefficient (Wildman–Crippen LogP) is 2.37. The normalized spacial score (nSPS) is 13.7. The number of aliphatic carboxylic acids is 1. The molecule has 0 aliphatic heterocycles. The van der Waals surface area contributed by atoms with Gasteiger partial charge in [-0.05, 0) is 68.5 Å². The highest BCUT2D eigenvalue weighted by Crippen LogP contribution is 2.20. The molecule has 0 saturated heterocycles. The number of unbranched alkanes of at least 4 members (excludes halogenated alkanes) is 2. The molecule has 0 radical (unpaired) electrons. The van der Waals surface area contributed by atoms with Gasteiger partial charge in [0.25, 0.3) is 0 Å². The smallest absolute Gasteiger partial charge is 0.446 e. The van der Waals surface area contributed by atoms with E-state index >= 15 is 0 Å². The van der Waals surface area contributed by atoms with E-state index < -0.39 is 113 Å². The number of amides is 8. The molecule has 6 atom stereocenters. The first-order valence-electron chi connectivity index (χ1n) is 25.0. The molecule has 1 heterocycles. The van der Waals surface area contributed by atoms with Gasteiger partial charge in [-0.1, -0.05) is 100 Å². The topological polar surface area (TPSA) is 359 Å². The quantitative estimate of drug-likeness (QED) is 0.0196. The Balaban J connectivity index is 1.53. The number of para-hydroxylation sites is 1. The van der Waals surface area contributed by atoms with E-state index in [4.69, 9.17) is 9.29 Å². The van der Waals surface area contributed by atoms with Crippen molar-refractivity contribution in [1.82, 2.24) is 47.5 Å². The number of carboxylic acid groups (broad SMARTS) is 1. The number of carbonyl (C=O) groups excluding carboxylic acids is 8. The van der Waals surface area contributed by atoms with Crippen molar-refractivity contribution in [2.45, 2.75) is 141 Å². The van der Waals surface area contributed by atoms with Crippen LogP contribution in [-0.2, 0) is 72.8 Å². The largest absolute Gasteiger partial charge is 0.481 e. The second-order valence-corrected chi connectivity index (χ2v) is 20.1. The highest BCUT2D eigenvalue weighted by molar-refractivity contribution is 7.81. The van der Waals surface area contributed by atoms with Gasteiger partial charge in [-0.3, -0.25) is 42.9 Å². The van der Waals surface area contributed by atoms with Gasteiger partial charge in [-0.2, -0.15) is 8.42 Å². The van der Waals surface area contributed by atoms with Crippen LogP contribution < -0.4 is 46.7 Å². The molecule has 77 heavy (non-hydrogen) atoms. The van der Waals surface area contributed by atoms with Gasteiger partial charge in [0, 0.05) is 36.4 Å². The van der Waals surface area contributed by atoms with Crippen molar-refractivity contribution >= 4 is 75.2 Å². The van der Waals surface area contributed by atoms with Crippen molar-refractivity contribution in [2.75, 3.05) is 6.54 Å². The Bertz CT molecular complexity index is 2770. The fraction of sp³-hybridized carbons (Fsp3) is 0.442. The molecule has 0 saturated carbocycles. The third-order valence-electron chi connectivity index (χ3n) is 11.6. The molecule has 4 rings (SSSR count). The summed E-state index contributed by atoms with van der Waals surface area (Å²) >= 11 is 0. The summed E-state index contributed by atoms with van der Waals surface area (Å²) in [5.74, 6) is -6.74. The van der Waals surface area contributed by atoms with E-state index in [1.165, 1.54) is 24.3 Å². The van der Waals surface area contributed by atoms with Gasteiger partial charge in [0.1, 0.15) is 47.7 Å². The van der Waals surface area contributed by atoms with Crippen molar-refractivity contribution in [3.63, 3.8) is 0 Å². The molecule has 0 unspecified atom stereocenters. The van der Waals surface area contributed by atoms with E-state index in [1.54, 1.807) is 75.5 Å². The number of alkyl carbamates (subject to hydrolysis) is 1. The molecular weight excluding hydrogens is 1020 g/mol. The molecule has 24 nitrogen and oxygen atoms in total. The molecule has 418 valence electrons. The van der Waals surface area contributed by atoms with Crippen LogP contribution in [0.15, 0.2) is 85.1 Å². The Morgan fingerprint density at radius 3 is 1.78 bits per heavy atom. The summed E-state index contributed by atoms with van der Waals surface area (Å²) in [4.78, 5) is 123. The maximum Gasteiger partial charge on any atom is 0.446 e. The van der Waals surface area contributed by atoms with E-state index in [0.717, 1.165) is 16.5 Å². The molecule has 11 N–H and O–H groups in total. The Kier molecular flexibility index (Phi) is 23.9. The number of hydrogen-bond donors (Lipinski definition) is 11. The van der Waals surface area contributed by atoms with Crippen molar-refractivity contribution in [3.8, 4) is 5.75 Å². The molecule has 0 spiro atoms. The van der Waals surface area contributed by atoms with Gasteiger partial charge in [0.05, 0.1) is 13.0 Å². The Morgan fingerprint density at radius 2 is 1.19 bits per heavy atom. The summed E-state index contributed by atoms with van der Waals surface area (Å²) < 4.78 is 41.3. The number of carboxylic acids is 1. The number of benzene rings is 3. The van der Waals surface area contributed by atoms with Crippen molar-refractivity contribution in [3.05, 3.63) is 102 Å². The summed E-state index contributed by atoms with van der Waals surface area (Å²) in [6.07, 6.45) is 1.22. The lowest BCUT2D eigenvalue weighted by Crippen LogP contribution is -2.59. The molecular formula is C52H69N9O15S. The number of carbonyl (C=O) groups is 9. The molecule has 1 aromatic heterocycles. The number of ether oxygens (including phenoxy) is 1. The van der Waals surface area contributed by atoms with Gasteiger partial charge in [0.15, 0.2) is 0 Å². The molecule has 8 amide bonds. The van der Waals surface area contributed by atoms with Crippen molar-refractivity contribution in [1.29, 1.82) is 0 Å². The number of nitrogens with one attached hydrogen (secondary N) is 9. The van der Waals surface area contributed by atoms with Gasteiger partial charge in [-0.25, -0.2) is 4.79 Å². The first-order valence-corrected chi connectivity index (χ1v) is 26.4. The van der Waals surface area contributed by atoms with Crippen LogP contribution in [0.2, 0.25) is 0 Å². The molecule has 4 aromatic rings. The standard InChI is InChI=1S/C52H69N9O15S/c1-6-8-18-38(57-48(68)40(60-51(71)75-52(3,4)5)25-33-21-23-35(24-22-33)76-77(72,73)74)46(66)54-30-44(63)56-41(27-34-29-53-37-20-14-13-17-36(34)37)49(69)58-39(19-9-7-2)47(67)59-42(28-45(64)65)50(70)61-43(55-31-62)26-32-15-11-10-12-16-32/h10-17,20-24,29,31,38-43,53H,6-9,18-19,25-28,30H2,1-5H3,(H,54,66)(H,55,62)(H,56,63)(H,57,68)(H,58,69)(H,59,67)(H,60,71)(H,61,70)(H,64,65)(H,72,73,74)/t38-,39-,40-,41+,42-,43-/m0/s1. The SMILES string of the molecule is CCCC[C@H](NC(=O)[C@H](Cc1ccc(OS(=O)(=O)O)cc1)NC(=O)OC(C)(C)C)C(=O)NCC(=O)N[C@H](Cc1c[nH]c2ccccc12)C(=O)N[C@@H](CCCC)C(=O)N[C@@H](CC(=O)O)C(=O)N[C@@H](Cc1ccccc1)NC=O. The minimum Gasteiger partial charge on any atom is -0.481 e. The lowest BCUT2D eigenvalue weighted by atomic mass is 10.0. The molecule has 0 bridgehead atoms. The third-order valence-corrected chi connectivity index (χ3v) is 12.0. The molecule has 25 heteroatoms. The average Bonchev–Trinajstić information content (AvgIpc) is 3.77. The number of aromatic amines is 1. The predicted molar refractivity (Wildman–Crippen MR) is 281 cm³/mol. The zero-order chi connectivity index (χ0) is 56.7. The van der Waals surface area contributed by atoms with Crippen LogP contribution in [0, 0.1) is 0 Å². The minimum absolute atomic E-state index is 0.0416. The maximum atomic E-state index is 14.4. The van der Waals surface area contributed by atoms with Gasteiger partial charge >= 0.3 is 22.5 Å². The highest BCUT2D eigenvalue weighted by atomic mass is 32.3. The van der Waals surface area contributed by atoms with Crippen LogP contribution in [0.4, 0.5) is 4.79 Å². The maximum absolute atomic E-state index is 14.4. The molecule has 3 aromatic carbocycles. The lowest BCUT2D eigenvalue weighted by molar-refractivity contribution is -0.141. The van der Waals surface area contributed by atoms with Gasteiger partial charge in [0.2, 0.25) is 41.9 Å². The van der Waals surface area contributed by atoms with E-state index in [9.17, 15) is 56.7 Å². The second kappa shape index (κ2) is 29.9. The summed E-state index contributed by atoms with van der Waals surface area (Å²) in [7, 11) is -4.82. The second-order valence-electron chi connectivity index (χ2n) is 19.1. The first-order chi connectivity index (χ1) is 36.5. The molecule has 0 aliphatic rings. The zero-order valence-corrected chi connectivity index (χ0v) is 44.3. The summed E-state index contributed by atoms with van der Waals surface area (Å²) in [6, 6.07) is 14.3. The number of aromatic nitrogens is 1. The summed E-state index contributed by atoms with van der Waals surface area (Å²) in [5, 5.41) is 30.9. The van der Waals surface area contributed by atoms with Crippen LogP contribution in [0.5, 0.6) is 5.75 Å². The number of hydrogen-bond acceptors (Lipinski definition) is 13. The fourth-order valence-electron chi connectivity index (χ4n) is 7.87. The monoisotopic (exact) mass is 1090 g/mol.